The maximum absolute atomic E-state index is 5.59. The highest BCUT2D eigenvalue weighted by atomic mass is 16.5. The minimum absolute atomic E-state index is 0.265. The van der Waals surface area contributed by atoms with E-state index >= 15 is 0 Å². The standard InChI is InChI=1S/C13H23N5O/c1-9-6-7-17(8-12(9)19-3)10(2)13-14-15-16-18(13)11-4-5-11/h9-12H,4-8H2,1-3H3. The van der Waals surface area contributed by atoms with Gasteiger partial charge in [0.2, 0.25) is 0 Å². The van der Waals surface area contributed by atoms with Crippen molar-refractivity contribution < 1.29 is 4.74 Å². The van der Waals surface area contributed by atoms with Crippen LogP contribution in [0.15, 0.2) is 0 Å². The number of ether oxygens (including phenoxy) is 1. The molecular formula is C13H23N5O. The number of hydrogen-bond donors (Lipinski definition) is 0. The smallest absolute Gasteiger partial charge is 0.168 e. The van der Waals surface area contributed by atoms with E-state index in [1.807, 2.05) is 11.8 Å². The summed E-state index contributed by atoms with van der Waals surface area (Å²) in [6, 6.07) is 0.801. The summed E-state index contributed by atoms with van der Waals surface area (Å²) < 4.78 is 7.61. The van der Waals surface area contributed by atoms with Gasteiger partial charge in [-0.15, -0.1) is 5.10 Å². The third-order valence-electron chi connectivity index (χ3n) is 4.56. The van der Waals surface area contributed by atoms with E-state index in [2.05, 4.69) is 34.3 Å². The minimum Gasteiger partial charge on any atom is -0.380 e. The molecule has 2 heterocycles. The molecule has 1 saturated heterocycles. The van der Waals surface area contributed by atoms with Gasteiger partial charge < -0.3 is 4.74 Å². The van der Waals surface area contributed by atoms with Crippen LogP contribution in [0.5, 0.6) is 0 Å². The molecule has 0 spiro atoms. The number of tetrazole rings is 1. The number of methoxy groups -OCH3 is 1. The average Bonchev–Trinajstić information content (AvgIpc) is 3.16. The van der Waals surface area contributed by atoms with Gasteiger partial charge in [0.05, 0.1) is 18.2 Å². The molecule has 6 nitrogen and oxygen atoms in total. The maximum Gasteiger partial charge on any atom is 0.168 e. The molecule has 0 aromatic carbocycles. The lowest BCUT2D eigenvalue weighted by Crippen LogP contribution is -2.45. The number of aromatic nitrogens is 4. The zero-order chi connectivity index (χ0) is 13.4. The van der Waals surface area contributed by atoms with E-state index < -0.39 is 0 Å². The van der Waals surface area contributed by atoms with Crippen molar-refractivity contribution in [2.24, 2.45) is 5.92 Å². The van der Waals surface area contributed by atoms with Crippen LogP contribution in [0.25, 0.3) is 0 Å². The van der Waals surface area contributed by atoms with Crippen molar-refractivity contribution in [1.82, 2.24) is 25.1 Å². The van der Waals surface area contributed by atoms with Crippen molar-refractivity contribution in [3.8, 4) is 0 Å². The van der Waals surface area contributed by atoms with Crippen LogP contribution >= 0.6 is 0 Å². The molecular weight excluding hydrogens is 242 g/mol. The SMILES string of the molecule is COC1CN(C(C)c2nnnn2C2CC2)CCC1C. The predicted octanol–water partition coefficient (Wildman–Crippen LogP) is 1.43. The van der Waals surface area contributed by atoms with Gasteiger partial charge in [-0.3, -0.25) is 4.90 Å². The summed E-state index contributed by atoms with van der Waals surface area (Å²) >= 11 is 0. The molecule has 0 amide bonds. The summed E-state index contributed by atoms with van der Waals surface area (Å²) in [4.78, 5) is 2.44. The van der Waals surface area contributed by atoms with Crippen molar-refractivity contribution in [3.05, 3.63) is 5.82 Å². The van der Waals surface area contributed by atoms with Gasteiger partial charge in [0, 0.05) is 13.7 Å². The number of hydrogen-bond acceptors (Lipinski definition) is 5. The van der Waals surface area contributed by atoms with Crippen LogP contribution < -0.4 is 0 Å². The lowest BCUT2D eigenvalue weighted by Gasteiger charge is -2.38. The van der Waals surface area contributed by atoms with Crippen molar-refractivity contribution in [1.29, 1.82) is 0 Å². The van der Waals surface area contributed by atoms with Gasteiger partial charge in [-0.1, -0.05) is 6.92 Å². The van der Waals surface area contributed by atoms with E-state index in [1.165, 1.54) is 19.3 Å². The van der Waals surface area contributed by atoms with Gasteiger partial charge in [0.15, 0.2) is 5.82 Å². The zero-order valence-electron chi connectivity index (χ0n) is 12.0. The van der Waals surface area contributed by atoms with Gasteiger partial charge in [-0.25, -0.2) is 4.68 Å². The van der Waals surface area contributed by atoms with Gasteiger partial charge in [-0.05, 0) is 49.1 Å². The van der Waals surface area contributed by atoms with Crippen LogP contribution in [0.4, 0.5) is 0 Å². The van der Waals surface area contributed by atoms with Gasteiger partial charge in [0.25, 0.3) is 0 Å². The first kappa shape index (κ1) is 13.0. The molecule has 1 aromatic heterocycles. The summed E-state index contributed by atoms with van der Waals surface area (Å²) in [6.07, 6.45) is 3.92. The lowest BCUT2D eigenvalue weighted by atomic mass is 9.95. The highest BCUT2D eigenvalue weighted by Crippen LogP contribution is 2.36. The summed E-state index contributed by atoms with van der Waals surface area (Å²) in [7, 11) is 1.81. The second kappa shape index (κ2) is 5.17. The Morgan fingerprint density at radius 3 is 2.79 bits per heavy atom. The van der Waals surface area contributed by atoms with Crippen LogP contribution in [0.2, 0.25) is 0 Å². The molecule has 0 N–H and O–H groups in total. The van der Waals surface area contributed by atoms with Crippen LogP contribution in [0.1, 0.15) is 51.0 Å². The molecule has 3 rings (SSSR count). The Hall–Kier alpha value is -1.01. The Balaban J connectivity index is 1.72. The molecule has 2 aliphatic rings. The molecule has 1 aliphatic carbocycles. The van der Waals surface area contributed by atoms with E-state index in [4.69, 9.17) is 4.74 Å². The van der Waals surface area contributed by atoms with Gasteiger partial charge >= 0.3 is 0 Å². The molecule has 106 valence electrons. The highest BCUT2D eigenvalue weighted by Gasteiger charge is 2.34. The van der Waals surface area contributed by atoms with Crippen molar-refractivity contribution >= 4 is 0 Å². The van der Waals surface area contributed by atoms with Crippen molar-refractivity contribution in [2.75, 3.05) is 20.2 Å². The number of piperidine rings is 1. The maximum atomic E-state index is 5.59. The van der Waals surface area contributed by atoms with Crippen molar-refractivity contribution in [2.45, 2.75) is 51.3 Å². The Labute approximate surface area is 114 Å². The molecule has 3 unspecified atom stereocenters. The van der Waals surface area contributed by atoms with Crippen LogP contribution in [-0.4, -0.2) is 51.4 Å². The van der Waals surface area contributed by atoms with Gasteiger partial charge in [-0.2, -0.15) is 0 Å². The van der Waals surface area contributed by atoms with Crippen LogP contribution in [0, 0.1) is 5.92 Å². The second-order valence-electron chi connectivity index (χ2n) is 5.92. The van der Waals surface area contributed by atoms with Gasteiger partial charge in [0.1, 0.15) is 0 Å². The summed E-state index contributed by atoms with van der Waals surface area (Å²) in [5.41, 5.74) is 0. The third kappa shape index (κ3) is 2.51. The Morgan fingerprint density at radius 1 is 1.32 bits per heavy atom. The molecule has 1 aliphatic heterocycles. The normalized spacial score (nSPS) is 30.5. The van der Waals surface area contributed by atoms with Crippen LogP contribution in [0.3, 0.4) is 0 Å². The molecule has 19 heavy (non-hydrogen) atoms. The number of nitrogens with zero attached hydrogens (tertiary/aromatic N) is 5. The first-order valence-electron chi connectivity index (χ1n) is 7.25. The third-order valence-corrected chi connectivity index (χ3v) is 4.56. The summed E-state index contributed by atoms with van der Waals surface area (Å²) in [6.45, 7) is 6.54. The summed E-state index contributed by atoms with van der Waals surface area (Å²) in [5.74, 6) is 1.64. The predicted molar refractivity (Wildman–Crippen MR) is 70.7 cm³/mol. The fourth-order valence-corrected chi connectivity index (χ4v) is 2.93. The highest BCUT2D eigenvalue weighted by molar-refractivity contribution is 4.98. The molecule has 0 radical (unpaired) electrons. The van der Waals surface area contributed by atoms with E-state index in [9.17, 15) is 0 Å². The molecule has 6 heteroatoms. The van der Waals surface area contributed by atoms with E-state index in [0.717, 1.165) is 18.9 Å². The second-order valence-corrected chi connectivity index (χ2v) is 5.92. The molecule has 0 bridgehead atoms. The largest absolute Gasteiger partial charge is 0.380 e. The lowest BCUT2D eigenvalue weighted by molar-refractivity contribution is -0.0187. The molecule has 1 saturated carbocycles. The van der Waals surface area contributed by atoms with Crippen molar-refractivity contribution in [3.63, 3.8) is 0 Å². The first-order chi connectivity index (χ1) is 9.20. The number of likely N-dealkylation sites (tertiary alicyclic amines) is 1. The topological polar surface area (TPSA) is 56.1 Å². The Morgan fingerprint density at radius 2 is 2.11 bits per heavy atom. The zero-order valence-corrected chi connectivity index (χ0v) is 12.0. The first-order valence-corrected chi connectivity index (χ1v) is 7.25. The number of rotatable bonds is 4. The average molecular weight is 265 g/mol. The molecule has 3 atom stereocenters. The quantitative estimate of drug-likeness (QED) is 0.824. The van der Waals surface area contributed by atoms with E-state index in [1.54, 1.807) is 0 Å². The summed E-state index contributed by atoms with van der Waals surface area (Å²) in [5, 5.41) is 12.2. The monoisotopic (exact) mass is 265 g/mol. The Kier molecular flexibility index (Phi) is 3.54. The fourth-order valence-electron chi connectivity index (χ4n) is 2.93. The van der Waals surface area contributed by atoms with E-state index in [-0.39, 0.29) is 6.04 Å². The molecule has 1 aromatic rings. The Bertz CT molecular complexity index is 430. The fraction of sp³-hybridized carbons (Fsp3) is 0.923. The van der Waals surface area contributed by atoms with E-state index in [0.29, 0.717) is 18.1 Å². The minimum atomic E-state index is 0.265. The van der Waals surface area contributed by atoms with Crippen LogP contribution in [-0.2, 0) is 4.74 Å². The molecule has 2 fully saturated rings.